The molecule has 10 heavy (non-hydrogen) atoms. The number of rotatable bonds is 1. The van der Waals surface area contributed by atoms with Gasteiger partial charge in [-0.2, -0.15) is 0 Å². The zero-order valence-electron chi connectivity index (χ0n) is 5.92. The van der Waals surface area contributed by atoms with E-state index in [-0.39, 0.29) is 4.95 Å². The Balaban J connectivity index is 2.68. The summed E-state index contributed by atoms with van der Waals surface area (Å²) >= 11 is 3.46. The smallest absolute Gasteiger partial charge is 0.124 e. The molecular weight excluding hydrogens is 192 g/mol. The topological polar surface area (TPSA) is 29.3 Å². The van der Waals surface area contributed by atoms with Crippen molar-refractivity contribution in [2.45, 2.75) is 11.9 Å². The minimum atomic E-state index is 0.183. The molecule has 0 bridgehead atoms. The highest BCUT2D eigenvalue weighted by atomic mass is 79.9. The fourth-order valence-electron chi connectivity index (χ4n) is 0.877. The Kier molecular flexibility index (Phi) is 2.38. The number of hydrogen-bond donors (Lipinski definition) is 1. The van der Waals surface area contributed by atoms with Crippen LogP contribution in [-0.2, 0) is 0 Å². The first-order chi connectivity index (χ1) is 4.75. The summed E-state index contributed by atoms with van der Waals surface area (Å²) in [6.45, 7) is 3.07. The first kappa shape index (κ1) is 7.66. The van der Waals surface area contributed by atoms with Gasteiger partial charge in [0.15, 0.2) is 0 Å². The summed E-state index contributed by atoms with van der Waals surface area (Å²) in [5.74, 6) is 0. The van der Waals surface area contributed by atoms with Crippen molar-refractivity contribution in [2.24, 2.45) is 5.73 Å². The molecule has 3 heteroatoms. The maximum absolute atomic E-state index is 5.67. The SMILES string of the molecule is CCN1C=CC=C(N)C1Br. The minimum absolute atomic E-state index is 0.183. The molecule has 0 fully saturated rings. The molecule has 0 saturated carbocycles. The molecule has 0 spiro atoms. The van der Waals surface area contributed by atoms with Crippen LogP contribution in [0, 0.1) is 0 Å². The molecule has 0 radical (unpaired) electrons. The molecule has 0 aromatic heterocycles. The molecule has 0 aliphatic carbocycles. The van der Waals surface area contributed by atoms with Crippen molar-refractivity contribution in [1.82, 2.24) is 4.90 Å². The zero-order valence-corrected chi connectivity index (χ0v) is 7.51. The predicted molar refractivity (Wildman–Crippen MR) is 46.5 cm³/mol. The first-order valence-electron chi connectivity index (χ1n) is 3.29. The second-order valence-corrected chi connectivity index (χ2v) is 3.04. The Hall–Kier alpha value is -0.440. The summed E-state index contributed by atoms with van der Waals surface area (Å²) in [5.41, 5.74) is 6.53. The lowest BCUT2D eigenvalue weighted by atomic mass is 10.3. The number of hydrogen-bond acceptors (Lipinski definition) is 2. The van der Waals surface area contributed by atoms with Gasteiger partial charge in [-0.1, -0.05) is 15.9 Å². The molecule has 0 saturated heterocycles. The van der Waals surface area contributed by atoms with Crippen LogP contribution in [0.3, 0.4) is 0 Å². The molecule has 2 nitrogen and oxygen atoms in total. The van der Waals surface area contributed by atoms with Crippen molar-refractivity contribution < 1.29 is 0 Å². The van der Waals surface area contributed by atoms with Crippen LogP contribution in [0.2, 0.25) is 0 Å². The Morgan fingerprint density at radius 1 is 1.80 bits per heavy atom. The van der Waals surface area contributed by atoms with Crippen LogP contribution < -0.4 is 5.73 Å². The lowest BCUT2D eigenvalue weighted by Crippen LogP contribution is -2.31. The number of likely N-dealkylation sites (N-methyl/N-ethyl adjacent to an activating group) is 1. The largest absolute Gasteiger partial charge is 0.400 e. The highest BCUT2D eigenvalue weighted by Crippen LogP contribution is 2.17. The molecular formula is C7H11BrN2. The molecule has 0 amide bonds. The van der Waals surface area contributed by atoms with E-state index < -0.39 is 0 Å². The number of nitrogens with two attached hydrogens (primary N) is 1. The van der Waals surface area contributed by atoms with Gasteiger partial charge in [0.25, 0.3) is 0 Å². The van der Waals surface area contributed by atoms with Crippen LogP contribution >= 0.6 is 15.9 Å². The van der Waals surface area contributed by atoms with Crippen molar-refractivity contribution in [2.75, 3.05) is 6.54 Å². The molecule has 1 aliphatic heterocycles. The van der Waals surface area contributed by atoms with Crippen LogP contribution in [0.15, 0.2) is 24.0 Å². The average molecular weight is 203 g/mol. The second-order valence-electron chi connectivity index (χ2n) is 2.17. The lowest BCUT2D eigenvalue weighted by Gasteiger charge is -2.27. The van der Waals surface area contributed by atoms with Crippen LogP contribution in [0.1, 0.15) is 6.92 Å². The van der Waals surface area contributed by atoms with E-state index in [2.05, 4.69) is 27.8 Å². The van der Waals surface area contributed by atoms with Crippen molar-refractivity contribution >= 4 is 15.9 Å². The van der Waals surface area contributed by atoms with E-state index >= 15 is 0 Å². The Morgan fingerprint density at radius 3 is 3.00 bits per heavy atom. The third-order valence-electron chi connectivity index (χ3n) is 1.50. The van der Waals surface area contributed by atoms with E-state index in [4.69, 9.17) is 5.73 Å². The maximum Gasteiger partial charge on any atom is 0.124 e. The second kappa shape index (κ2) is 3.10. The van der Waals surface area contributed by atoms with Crippen molar-refractivity contribution in [1.29, 1.82) is 0 Å². The molecule has 56 valence electrons. The van der Waals surface area contributed by atoms with E-state index in [1.165, 1.54) is 0 Å². The standard InChI is InChI=1S/C7H11BrN2/c1-2-10-5-3-4-6(9)7(10)8/h3-5,7H,2,9H2,1H3. The Bertz CT molecular complexity index is 174. The molecule has 0 aromatic rings. The molecule has 1 unspecified atom stereocenters. The molecule has 1 atom stereocenters. The molecule has 0 aromatic carbocycles. The Labute approximate surface area is 69.5 Å². The molecule has 2 N–H and O–H groups in total. The third kappa shape index (κ3) is 1.34. The first-order valence-corrected chi connectivity index (χ1v) is 4.21. The van der Waals surface area contributed by atoms with E-state index in [9.17, 15) is 0 Å². The van der Waals surface area contributed by atoms with Gasteiger partial charge in [0, 0.05) is 18.4 Å². The number of alkyl halides is 1. The number of nitrogens with zero attached hydrogens (tertiary/aromatic N) is 1. The van der Waals surface area contributed by atoms with Gasteiger partial charge in [0.1, 0.15) is 4.95 Å². The fourth-order valence-corrected chi connectivity index (χ4v) is 1.46. The maximum atomic E-state index is 5.67. The molecule has 1 heterocycles. The van der Waals surface area contributed by atoms with Gasteiger partial charge in [-0.15, -0.1) is 0 Å². The predicted octanol–water partition coefficient (Wildman–Crippen LogP) is 1.40. The highest BCUT2D eigenvalue weighted by molar-refractivity contribution is 9.09. The van der Waals surface area contributed by atoms with Crippen LogP contribution in [0.4, 0.5) is 0 Å². The average Bonchev–Trinajstić information content (AvgIpc) is 1.95. The number of halogens is 1. The van der Waals surface area contributed by atoms with E-state index in [1.807, 2.05) is 18.4 Å². The number of allylic oxidation sites excluding steroid dienone is 2. The minimum Gasteiger partial charge on any atom is -0.400 e. The van der Waals surface area contributed by atoms with Gasteiger partial charge in [-0.25, -0.2) is 0 Å². The molecule has 1 rings (SSSR count). The normalized spacial score (nSPS) is 24.8. The van der Waals surface area contributed by atoms with Crippen molar-refractivity contribution in [3.05, 3.63) is 24.0 Å². The van der Waals surface area contributed by atoms with Gasteiger partial charge in [-0.3, -0.25) is 0 Å². The van der Waals surface area contributed by atoms with Gasteiger partial charge in [0.2, 0.25) is 0 Å². The van der Waals surface area contributed by atoms with Gasteiger partial charge >= 0.3 is 0 Å². The summed E-state index contributed by atoms with van der Waals surface area (Å²) in [7, 11) is 0. The van der Waals surface area contributed by atoms with E-state index in [1.54, 1.807) is 0 Å². The quantitative estimate of drug-likeness (QED) is 0.515. The summed E-state index contributed by atoms with van der Waals surface area (Å²) in [6, 6.07) is 0. The van der Waals surface area contributed by atoms with Crippen LogP contribution in [0.5, 0.6) is 0 Å². The summed E-state index contributed by atoms with van der Waals surface area (Å²) in [6.07, 6.45) is 5.89. The summed E-state index contributed by atoms with van der Waals surface area (Å²) in [5, 5.41) is 0. The lowest BCUT2D eigenvalue weighted by molar-refractivity contribution is 0.401. The fraction of sp³-hybridized carbons (Fsp3) is 0.429. The van der Waals surface area contributed by atoms with Crippen LogP contribution in [0.25, 0.3) is 0 Å². The monoisotopic (exact) mass is 202 g/mol. The summed E-state index contributed by atoms with van der Waals surface area (Å²) < 4.78 is 0. The summed E-state index contributed by atoms with van der Waals surface area (Å²) in [4.78, 5) is 2.30. The van der Waals surface area contributed by atoms with Gasteiger partial charge < -0.3 is 10.6 Å². The van der Waals surface area contributed by atoms with Gasteiger partial charge in [0.05, 0.1) is 0 Å². The van der Waals surface area contributed by atoms with Crippen LogP contribution in [-0.4, -0.2) is 16.4 Å². The van der Waals surface area contributed by atoms with E-state index in [0.717, 1.165) is 12.2 Å². The zero-order chi connectivity index (χ0) is 7.56. The van der Waals surface area contributed by atoms with Crippen molar-refractivity contribution in [3.63, 3.8) is 0 Å². The molecule has 1 aliphatic rings. The van der Waals surface area contributed by atoms with E-state index in [0.29, 0.717) is 0 Å². The van der Waals surface area contributed by atoms with Crippen molar-refractivity contribution in [3.8, 4) is 0 Å². The Morgan fingerprint density at radius 2 is 2.50 bits per heavy atom. The van der Waals surface area contributed by atoms with Gasteiger partial charge in [-0.05, 0) is 19.1 Å². The highest BCUT2D eigenvalue weighted by Gasteiger charge is 2.13. The third-order valence-corrected chi connectivity index (χ3v) is 2.55.